The zero-order chi connectivity index (χ0) is 14.5. The van der Waals surface area contributed by atoms with Crippen molar-refractivity contribution < 1.29 is 13.9 Å². The summed E-state index contributed by atoms with van der Waals surface area (Å²) in [5, 5.41) is 5.44. The van der Waals surface area contributed by atoms with Gasteiger partial charge in [-0.1, -0.05) is 6.07 Å². The van der Waals surface area contributed by atoms with E-state index in [0.29, 0.717) is 0 Å². The number of hydrogen-bond donors (Lipinski definition) is 2. The monoisotopic (exact) mass is 268 g/mol. The first-order valence-corrected chi connectivity index (χ1v) is 6.25. The van der Waals surface area contributed by atoms with Crippen LogP contribution in [-0.2, 0) is 11.2 Å². The number of benzene rings is 1. The van der Waals surface area contributed by atoms with Crippen LogP contribution in [0.5, 0.6) is 0 Å². The summed E-state index contributed by atoms with van der Waals surface area (Å²) in [5.41, 5.74) is 0.481. The molecule has 0 aliphatic carbocycles. The first kappa shape index (κ1) is 15.4. The summed E-state index contributed by atoms with van der Waals surface area (Å²) in [7, 11) is 1.85. The molecule has 0 heterocycles. The van der Waals surface area contributed by atoms with Gasteiger partial charge in [0.15, 0.2) is 0 Å². The Morgan fingerprint density at radius 2 is 2.05 bits per heavy atom. The van der Waals surface area contributed by atoms with Gasteiger partial charge in [-0.25, -0.2) is 9.18 Å². The summed E-state index contributed by atoms with van der Waals surface area (Å²) in [5.74, 6) is -0.473. The average Bonchev–Trinajstić information content (AvgIpc) is 2.27. The third-order valence-corrected chi connectivity index (χ3v) is 2.33. The van der Waals surface area contributed by atoms with Gasteiger partial charge in [-0.15, -0.1) is 0 Å². The average molecular weight is 268 g/mol. The number of halogens is 1. The molecule has 19 heavy (non-hydrogen) atoms. The van der Waals surface area contributed by atoms with E-state index in [0.717, 1.165) is 18.5 Å². The minimum absolute atomic E-state index is 0.142. The number of likely N-dealkylation sites (N-methyl/N-ethyl adjacent to an activating group) is 1. The summed E-state index contributed by atoms with van der Waals surface area (Å²) in [6.45, 7) is 6.06. The molecule has 0 spiro atoms. The highest BCUT2D eigenvalue weighted by Gasteiger charge is 2.17. The topological polar surface area (TPSA) is 50.4 Å². The Hall–Kier alpha value is -1.62. The van der Waals surface area contributed by atoms with E-state index in [1.54, 1.807) is 32.9 Å². The van der Waals surface area contributed by atoms with Gasteiger partial charge in [0.25, 0.3) is 0 Å². The molecule has 0 bridgehead atoms. The smallest absolute Gasteiger partial charge is 0.412 e. The standard InChI is InChI=1S/C14H21FN2O2/c1-14(2,3)19-13(18)17-12-9-10(7-8-16-4)5-6-11(12)15/h5-6,9,16H,7-8H2,1-4H3,(H,17,18). The largest absolute Gasteiger partial charge is 0.444 e. The van der Waals surface area contributed by atoms with Crippen molar-refractivity contribution in [1.82, 2.24) is 5.32 Å². The summed E-state index contributed by atoms with van der Waals surface area (Å²) in [6.07, 6.45) is 0.108. The fourth-order valence-corrected chi connectivity index (χ4v) is 1.51. The number of amides is 1. The summed E-state index contributed by atoms with van der Waals surface area (Å²) in [4.78, 5) is 11.6. The van der Waals surface area contributed by atoms with Gasteiger partial charge in [0.2, 0.25) is 0 Å². The van der Waals surface area contributed by atoms with E-state index >= 15 is 0 Å². The number of ether oxygens (including phenoxy) is 1. The van der Waals surface area contributed by atoms with Gasteiger partial charge in [-0.3, -0.25) is 5.32 Å². The predicted octanol–water partition coefficient (Wildman–Crippen LogP) is 2.93. The van der Waals surface area contributed by atoms with Gasteiger partial charge < -0.3 is 10.1 Å². The van der Waals surface area contributed by atoms with Crippen LogP contribution < -0.4 is 10.6 Å². The van der Waals surface area contributed by atoms with Crippen LogP contribution in [0.25, 0.3) is 0 Å². The first-order chi connectivity index (χ1) is 8.81. The van der Waals surface area contributed by atoms with Gasteiger partial charge in [0.1, 0.15) is 11.4 Å². The SMILES string of the molecule is CNCCc1ccc(F)c(NC(=O)OC(C)(C)C)c1. The van der Waals surface area contributed by atoms with E-state index in [2.05, 4.69) is 10.6 Å². The van der Waals surface area contributed by atoms with Crippen molar-refractivity contribution in [3.05, 3.63) is 29.6 Å². The molecule has 0 atom stereocenters. The lowest BCUT2D eigenvalue weighted by atomic mass is 10.1. The Balaban J connectivity index is 2.73. The summed E-state index contributed by atoms with van der Waals surface area (Å²) < 4.78 is 18.7. The summed E-state index contributed by atoms with van der Waals surface area (Å²) >= 11 is 0. The molecule has 1 amide bonds. The van der Waals surface area contributed by atoms with Crippen LogP contribution in [0.2, 0.25) is 0 Å². The quantitative estimate of drug-likeness (QED) is 0.882. The van der Waals surface area contributed by atoms with E-state index in [1.807, 2.05) is 7.05 Å². The van der Waals surface area contributed by atoms with Crippen LogP contribution in [0, 0.1) is 5.82 Å². The van der Waals surface area contributed by atoms with Crippen molar-refractivity contribution in [2.24, 2.45) is 0 Å². The van der Waals surface area contributed by atoms with Crippen molar-refractivity contribution in [2.45, 2.75) is 32.8 Å². The molecule has 0 fully saturated rings. The van der Waals surface area contributed by atoms with E-state index in [4.69, 9.17) is 4.74 Å². The second kappa shape index (κ2) is 6.52. The van der Waals surface area contributed by atoms with Crippen LogP contribution >= 0.6 is 0 Å². The lowest BCUT2D eigenvalue weighted by Gasteiger charge is -2.20. The highest BCUT2D eigenvalue weighted by atomic mass is 19.1. The highest BCUT2D eigenvalue weighted by Crippen LogP contribution is 2.18. The van der Waals surface area contributed by atoms with Gasteiger partial charge in [-0.2, -0.15) is 0 Å². The molecule has 0 aromatic heterocycles. The fraction of sp³-hybridized carbons (Fsp3) is 0.500. The summed E-state index contributed by atoms with van der Waals surface area (Å²) in [6, 6.07) is 4.67. The second-order valence-corrected chi connectivity index (χ2v) is 5.29. The number of nitrogens with one attached hydrogen (secondary N) is 2. The normalized spacial score (nSPS) is 11.2. The van der Waals surface area contributed by atoms with Crippen LogP contribution in [0.3, 0.4) is 0 Å². The Kier molecular flexibility index (Phi) is 5.30. The Morgan fingerprint density at radius 1 is 1.37 bits per heavy atom. The number of hydrogen-bond acceptors (Lipinski definition) is 3. The molecule has 1 aromatic rings. The van der Waals surface area contributed by atoms with Crippen LogP contribution in [-0.4, -0.2) is 25.3 Å². The maximum absolute atomic E-state index is 13.6. The zero-order valence-electron chi connectivity index (χ0n) is 11.8. The molecule has 2 N–H and O–H groups in total. The minimum Gasteiger partial charge on any atom is -0.444 e. The Labute approximate surface area is 113 Å². The van der Waals surface area contributed by atoms with Crippen molar-refractivity contribution >= 4 is 11.8 Å². The predicted molar refractivity (Wildman–Crippen MR) is 73.9 cm³/mol. The molecule has 1 aromatic carbocycles. The van der Waals surface area contributed by atoms with Crippen molar-refractivity contribution in [3.8, 4) is 0 Å². The number of carbonyl (C=O) groups excluding carboxylic acids is 1. The molecule has 0 saturated heterocycles. The van der Waals surface area contributed by atoms with Crippen molar-refractivity contribution in [3.63, 3.8) is 0 Å². The Bertz CT molecular complexity index is 442. The molecule has 0 radical (unpaired) electrons. The number of rotatable bonds is 4. The lowest BCUT2D eigenvalue weighted by molar-refractivity contribution is 0.0635. The molecule has 0 aliphatic rings. The van der Waals surface area contributed by atoms with Crippen molar-refractivity contribution in [2.75, 3.05) is 18.9 Å². The molecule has 0 aliphatic heterocycles. The molecule has 0 unspecified atom stereocenters. The number of carbonyl (C=O) groups is 1. The van der Waals surface area contributed by atoms with Crippen molar-refractivity contribution in [1.29, 1.82) is 0 Å². The minimum atomic E-state index is -0.655. The molecular formula is C14H21FN2O2. The van der Waals surface area contributed by atoms with Gasteiger partial charge in [0, 0.05) is 0 Å². The molecule has 0 saturated carbocycles. The molecule has 106 valence electrons. The van der Waals surface area contributed by atoms with E-state index < -0.39 is 17.5 Å². The van der Waals surface area contributed by atoms with Crippen LogP contribution in [0.1, 0.15) is 26.3 Å². The molecule has 4 nitrogen and oxygen atoms in total. The van der Waals surface area contributed by atoms with Gasteiger partial charge in [0.05, 0.1) is 5.69 Å². The van der Waals surface area contributed by atoms with Crippen LogP contribution in [0.15, 0.2) is 18.2 Å². The maximum atomic E-state index is 13.6. The third kappa shape index (κ3) is 5.70. The zero-order valence-corrected chi connectivity index (χ0v) is 11.8. The maximum Gasteiger partial charge on any atom is 0.412 e. The Morgan fingerprint density at radius 3 is 2.63 bits per heavy atom. The molecular weight excluding hydrogens is 247 g/mol. The van der Waals surface area contributed by atoms with E-state index in [9.17, 15) is 9.18 Å². The third-order valence-electron chi connectivity index (χ3n) is 2.33. The van der Waals surface area contributed by atoms with Gasteiger partial charge >= 0.3 is 6.09 Å². The number of anilines is 1. The first-order valence-electron chi connectivity index (χ1n) is 6.25. The highest BCUT2D eigenvalue weighted by molar-refractivity contribution is 5.85. The van der Waals surface area contributed by atoms with Gasteiger partial charge in [-0.05, 0) is 58.5 Å². The van der Waals surface area contributed by atoms with E-state index in [-0.39, 0.29) is 5.69 Å². The molecule has 1 rings (SSSR count). The molecule has 5 heteroatoms. The lowest BCUT2D eigenvalue weighted by Crippen LogP contribution is -2.27. The van der Waals surface area contributed by atoms with Crippen LogP contribution in [0.4, 0.5) is 14.9 Å². The fourth-order valence-electron chi connectivity index (χ4n) is 1.51. The second-order valence-electron chi connectivity index (χ2n) is 5.29. The van der Waals surface area contributed by atoms with E-state index in [1.165, 1.54) is 6.07 Å².